The molecule has 0 spiro atoms. The SMILES string of the molecule is C[C@@H](NC(=O)C1=Cc2ccccc2C1)c1ccc(OCC(F)(F)F)cc1. The molecule has 1 aliphatic rings. The van der Waals surface area contributed by atoms with Crippen molar-refractivity contribution in [1.82, 2.24) is 5.32 Å². The van der Waals surface area contributed by atoms with Crippen LogP contribution in [0.5, 0.6) is 5.75 Å². The lowest BCUT2D eigenvalue weighted by molar-refractivity contribution is -0.153. The van der Waals surface area contributed by atoms with Crippen LogP contribution in [0.15, 0.2) is 54.1 Å². The lowest BCUT2D eigenvalue weighted by atomic mass is 10.1. The van der Waals surface area contributed by atoms with Crippen molar-refractivity contribution < 1.29 is 22.7 Å². The topological polar surface area (TPSA) is 38.3 Å². The van der Waals surface area contributed by atoms with Gasteiger partial charge in [0.15, 0.2) is 6.61 Å². The van der Waals surface area contributed by atoms with Crippen LogP contribution < -0.4 is 10.1 Å². The van der Waals surface area contributed by atoms with Gasteiger partial charge in [0.1, 0.15) is 5.75 Å². The first-order valence-electron chi connectivity index (χ1n) is 8.21. The summed E-state index contributed by atoms with van der Waals surface area (Å²) in [5.41, 5.74) is 3.66. The predicted octanol–water partition coefficient (Wildman–Crippen LogP) is 4.44. The average molecular weight is 361 g/mol. The number of halogens is 3. The predicted molar refractivity (Wildman–Crippen MR) is 92.7 cm³/mol. The minimum absolute atomic E-state index is 0.138. The Labute approximate surface area is 149 Å². The van der Waals surface area contributed by atoms with Gasteiger partial charge in [-0.1, -0.05) is 36.4 Å². The van der Waals surface area contributed by atoms with Crippen LogP contribution in [-0.4, -0.2) is 18.7 Å². The fraction of sp³-hybridized carbons (Fsp3) is 0.250. The van der Waals surface area contributed by atoms with Crippen molar-refractivity contribution in [3.8, 4) is 5.75 Å². The number of alkyl halides is 3. The molecule has 1 N–H and O–H groups in total. The molecule has 0 fully saturated rings. The minimum atomic E-state index is -4.37. The Kier molecular flexibility index (Phi) is 5.02. The standard InChI is InChI=1S/C20H18F3NO2/c1-13(14-6-8-18(9-7-14)26-12-20(21,22)23)24-19(25)17-10-15-4-2-3-5-16(15)11-17/h2-10,13H,11-12H2,1H3,(H,24,25)/t13-/m1/s1. The summed E-state index contributed by atoms with van der Waals surface area (Å²) in [4.78, 5) is 12.4. The van der Waals surface area contributed by atoms with Crippen molar-refractivity contribution in [2.75, 3.05) is 6.61 Å². The zero-order valence-corrected chi connectivity index (χ0v) is 14.1. The van der Waals surface area contributed by atoms with E-state index in [2.05, 4.69) is 10.1 Å². The molecule has 0 bridgehead atoms. The summed E-state index contributed by atoms with van der Waals surface area (Å²) in [6.45, 7) is 0.499. The molecule has 3 nitrogen and oxygen atoms in total. The van der Waals surface area contributed by atoms with Gasteiger partial charge in [0.2, 0.25) is 5.91 Å². The van der Waals surface area contributed by atoms with E-state index in [1.54, 1.807) is 12.1 Å². The molecule has 26 heavy (non-hydrogen) atoms. The third-order valence-electron chi connectivity index (χ3n) is 4.19. The number of hydrogen-bond donors (Lipinski definition) is 1. The van der Waals surface area contributed by atoms with E-state index in [0.717, 1.165) is 16.7 Å². The number of benzene rings is 2. The summed E-state index contributed by atoms with van der Waals surface area (Å²) in [6, 6.07) is 13.8. The minimum Gasteiger partial charge on any atom is -0.484 e. The Bertz CT molecular complexity index is 826. The number of amides is 1. The third-order valence-corrected chi connectivity index (χ3v) is 4.19. The van der Waals surface area contributed by atoms with Crippen molar-refractivity contribution in [2.24, 2.45) is 0 Å². The Morgan fingerprint density at radius 1 is 1.15 bits per heavy atom. The van der Waals surface area contributed by atoms with Crippen molar-refractivity contribution in [3.05, 3.63) is 70.8 Å². The Balaban J connectivity index is 1.58. The molecule has 1 amide bonds. The van der Waals surface area contributed by atoms with Crippen LogP contribution in [-0.2, 0) is 11.2 Å². The number of carbonyl (C=O) groups excluding carboxylic acids is 1. The molecule has 0 heterocycles. The molecule has 0 unspecified atom stereocenters. The smallest absolute Gasteiger partial charge is 0.422 e. The number of hydrogen-bond acceptors (Lipinski definition) is 2. The van der Waals surface area contributed by atoms with E-state index < -0.39 is 12.8 Å². The highest BCUT2D eigenvalue weighted by molar-refractivity contribution is 6.00. The summed E-state index contributed by atoms with van der Waals surface area (Å²) < 4.78 is 41.2. The van der Waals surface area contributed by atoms with Crippen molar-refractivity contribution in [1.29, 1.82) is 0 Å². The van der Waals surface area contributed by atoms with Crippen LogP contribution in [0.3, 0.4) is 0 Å². The largest absolute Gasteiger partial charge is 0.484 e. The maximum atomic E-state index is 12.4. The van der Waals surface area contributed by atoms with E-state index in [-0.39, 0.29) is 17.7 Å². The van der Waals surface area contributed by atoms with Crippen LogP contribution in [0.25, 0.3) is 6.08 Å². The normalized spacial score (nSPS) is 14.4. The van der Waals surface area contributed by atoms with E-state index in [1.807, 2.05) is 37.3 Å². The van der Waals surface area contributed by atoms with Gasteiger partial charge in [-0.05, 0) is 41.8 Å². The van der Waals surface area contributed by atoms with E-state index in [0.29, 0.717) is 12.0 Å². The molecule has 3 rings (SSSR count). The van der Waals surface area contributed by atoms with E-state index >= 15 is 0 Å². The highest BCUT2D eigenvalue weighted by atomic mass is 19.4. The second-order valence-corrected chi connectivity index (χ2v) is 6.21. The Morgan fingerprint density at radius 2 is 1.85 bits per heavy atom. The second-order valence-electron chi connectivity index (χ2n) is 6.21. The van der Waals surface area contributed by atoms with E-state index in [1.165, 1.54) is 12.1 Å². The summed E-state index contributed by atoms with van der Waals surface area (Å²) in [5, 5.41) is 2.92. The average Bonchev–Trinajstić information content (AvgIpc) is 3.04. The van der Waals surface area contributed by atoms with Gasteiger partial charge in [0.25, 0.3) is 0 Å². The van der Waals surface area contributed by atoms with Crippen LogP contribution in [0.2, 0.25) is 0 Å². The number of nitrogens with one attached hydrogen (secondary N) is 1. The van der Waals surface area contributed by atoms with Gasteiger partial charge in [-0.3, -0.25) is 4.79 Å². The monoisotopic (exact) mass is 361 g/mol. The molecule has 2 aromatic carbocycles. The summed E-state index contributed by atoms with van der Waals surface area (Å²) >= 11 is 0. The van der Waals surface area contributed by atoms with Crippen molar-refractivity contribution >= 4 is 12.0 Å². The van der Waals surface area contributed by atoms with Crippen LogP contribution in [0.4, 0.5) is 13.2 Å². The number of fused-ring (bicyclic) bond motifs is 1. The van der Waals surface area contributed by atoms with Crippen LogP contribution in [0, 0.1) is 0 Å². The zero-order valence-electron chi connectivity index (χ0n) is 14.1. The second kappa shape index (κ2) is 7.23. The fourth-order valence-corrected chi connectivity index (χ4v) is 2.82. The van der Waals surface area contributed by atoms with Gasteiger partial charge in [-0.25, -0.2) is 0 Å². The van der Waals surface area contributed by atoms with Gasteiger partial charge in [0.05, 0.1) is 6.04 Å². The summed E-state index contributed by atoms with van der Waals surface area (Å²) in [5.74, 6) is -0.00958. The molecule has 2 aromatic rings. The molecule has 0 saturated heterocycles. The molecule has 1 atom stereocenters. The lowest BCUT2D eigenvalue weighted by Crippen LogP contribution is -2.28. The van der Waals surface area contributed by atoms with Gasteiger partial charge >= 0.3 is 6.18 Å². The van der Waals surface area contributed by atoms with E-state index in [4.69, 9.17) is 0 Å². The first kappa shape index (κ1) is 18.0. The Hall–Kier alpha value is -2.76. The molecule has 1 aliphatic carbocycles. The molecular weight excluding hydrogens is 343 g/mol. The van der Waals surface area contributed by atoms with Crippen molar-refractivity contribution in [2.45, 2.75) is 25.6 Å². The van der Waals surface area contributed by atoms with Crippen LogP contribution in [0.1, 0.15) is 29.7 Å². The first-order chi connectivity index (χ1) is 12.3. The summed E-state index contributed by atoms with van der Waals surface area (Å²) in [6.07, 6.45) is -1.89. The van der Waals surface area contributed by atoms with E-state index in [9.17, 15) is 18.0 Å². The number of carbonyl (C=O) groups is 1. The Morgan fingerprint density at radius 3 is 2.50 bits per heavy atom. The molecule has 0 aromatic heterocycles. The third kappa shape index (κ3) is 4.45. The molecule has 6 heteroatoms. The zero-order chi connectivity index (χ0) is 18.7. The fourth-order valence-electron chi connectivity index (χ4n) is 2.82. The van der Waals surface area contributed by atoms with Gasteiger partial charge < -0.3 is 10.1 Å². The van der Waals surface area contributed by atoms with Gasteiger partial charge in [-0.15, -0.1) is 0 Å². The first-order valence-corrected chi connectivity index (χ1v) is 8.21. The molecule has 0 saturated carbocycles. The van der Waals surface area contributed by atoms with Gasteiger partial charge in [0, 0.05) is 12.0 Å². The highest BCUT2D eigenvalue weighted by Crippen LogP contribution is 2.26. The van der Waals surface area contributed by atoms with Crippen molar-refractivity contribution in [3.63, 3.8) is 0 Å². The molecular formula is C20H18F3NO2. The maximum Gasteiger partial charge on any atom is 0.422 e. The quantitative estimate of drug-likeness (QED) is 0.855. The van der Waals surface area contributed by atoms with Crippen LogP contribution >= 0.6 is 0 Å². The number of ether oxygens (including phenoxy) is 1. The molecule has 136 valence electrons. The molecule has 0 radical (unpaired) electrons. The number of rotatable bonds is 5. The maximum absolute atomic E-state index is 12.4. The highest BCUT2D eigenvalue weighted by Gasteiger charge is 2.28. The molecule has 0 aliphatic heterocycles. The van der Waals surface area contributed by atoms with Gasteiger partial charge in [-0.2, -0.15) is 13.2 Å². The lowest BCUT2D eigenvalue weighted by Gasteiger charge is -2.16. The summed E-state index contributed by atoms with van der Waals surface area (Å²) in [7, 11) is 0.